The number of nitrogen functional groups attached to an aromatic ring is 1. The molecule has 1 amide bonds. The van der Waals surface area contributed by atoms with E-state index in [4.69, 9.17) is 10.6 Å². The lowest BCUT2D eigenvalue weighted by Crippen LogP contribution is -2.50. The zero-order valence-electron chi connectivity index (χ0n) is 11.3. The van der Waals surface area contributed by atoms with Gasteiger partial charge in [0.15, 0.2) is 11.6 Å². The summed E-state index contributed by atoms with van der Waals surface area (Å²) in [6.07, 6.45) is 0.485. The third-order valence-corrected chi connectivity index (χ3v) is 3.73. The van der Waals surface area contributed by atoms with Gasteiger partial charge < -0.3 is 15.5 Å². The predicted molar refractivity (Wildman–Crippen MR) is 70.1 cm³/mol. The van der Waals surface area contributed by atoms with Crippen molar-refractivity contribution in [2.24, 2.45) is 5.84 Å². The molecule has 4 N–H and O–H groups in total. The van der Waals surface area contributed by atoms with Crippen molar-refractivity contribution in [1.29, 1.82) is 0 Å². The summed E-state index contributed by atoms with van der Waals surface area (Å²) in [6.45, 7) is 4.22. The smallest absolute Gasteiger partial charge is 0.252 e. The Labute approximate surface area is 115 Å². The summed E-state index contributed by atoms with van der Waals surface area (Å²) in [5.74, 6) is 2.62. The van der Waals surface area contributed by atoms with Gasteiger partial charge in [-0.1, -0.05) is 0 Å². The topological polar surface area (TPSA) is 76.4 Å². The van der Waals surface area contributed by atoms with Gasteiger partial charge in [-0.2, -0.15) is 0 Å². The molecule has 2 atom stereocenters. The van der Waals surface area contributed by atoms with Crippen LogP contribution >= 0.6 is 0 Å². The first-order valence-electron chi connectivity index (χ1n) is 6.27. The van der Waals surface area contributed by atoms with Gasteiger partial charge in [-0.25, -0.2) is 8.78 Å². The van der Waals surface area contributed by atoms with E-state index in [1.54, 1.807) is 0 Å². The minimum absolute atomic E-state index is 0.0978. The molecule has 5 nitrogen and oxygen atoms in total. The second kappa shape index (κ2) is 5.34. The van der Waals surface area contributed by atoms with E-state index in [0.29, 0.717) is 13.0 Å². The molecule has 0 radical (unpaired) electrons. The first-order chi connectivity index (χ1) is 9.37. The molecule has 0 aliphatic carbocycles. The van der Waals surface area contributed by atoms with Crippen LogP contribution in [0.5, 0.6) is 0 Å². The molecule has 1 aromatic carbocycles. The van der Waals surface area contributed by atoms with Crippen LogP contribution in [0, 0.1) is 11.6 Å². The monoisotopic (exact) mass is 285 g/mol. The van der Waals surface area contributed by atoms with Crippen LogP contribution in [-0.2, 0) is 4.74 Å². The van der Waals surface area contributed by atoms with Gasteiger partial charge in [0.05, 0.1) is 11.6 Å². The molecule has 1 saturated heterocycles. The molecule has 1 aliphatic rings. The maximum absolute atomic E-state index is 13.6. The Balaban J connectivity index is 2.22. The van der Waals surface area contributed by atoms with Crippen molar-refractivity contribution < 1.29 is 18.3 Å². The zero-order valence-corrected chi connectivity index (χ0v) is 11.3. The highest BCUT2D eigenvalue weighted by molar-refractivity contribution is 5.95. The fraction of sp³-hybridized carbons (Fsp3) is 0.462. The van der Waals surface area contributed by atoms with Gasteiger partial charge in [0, 0.05) is 12.2 Å². The van der Waals surface area contributed by atoms with Crippen LogP contribution in [0.15, 0.2) is 12.1 Å². The van der Waals surface area contributed by atoms with Crippen LogP contribution in [0.25, 0.3) is 0 Å². The van der Waals surface area contributed by atoms with E-state index in [1.165, 1.54) is 0 Å². The van der Waals surface area contributed by atoms with E-state index in [1.807, 2.05) is 19.3 Å². The van der Waals surface area contributed by atoms with E-state index >= 15 is 0 Å². The molecule has 2 unspecified atom stereocenters. The number of hydrazine groups is 1. The molecule has 7 heteroatoms. The quantitative estimate of drug-likeness (QED) is 0.582. The third-order valence-electron chi connectivity index (χ3n) is 3.73. The number of ether oxygens (including phenoxy) is 1. The van der Waals surface area contributed by atoms with Gasteiger partial charge in [0.1, 0.15) is 5.69 Å². The summed E-state index contributed by atoms with van der Waals surface area (Å²) in [5.41, 5.74) is 0.804. The van der Waals surface area contributed by atoms with Crippen molar-refractivity contribution in [3.05, 3.63) is 29.3 Å². The Morgan fingerprint density at radius 3 is 2.50 bits per heavy atom. The lowest BCUT2D eigenvalue weighted by molar-refractivity contribution is 0.0727. The highest BCUT2D eigenvalue weighted by Crippen LogP contribution is 2.26. The lowest BCUT2D eigenvalue weighted by Gasteiger charge is -2.29. The number of nitrogens with one attached hydrogen (secondary N) is 2. The van der Waals surface area contributed by atoms with Crippen LogP contribution < -0.4 is 16.6 Å². The molecular weight excluding hydrogens is 268 g/mol. The second-order valence-corrected chi connectivity index (χ2v) is 5.09. The van der Waals surface area contributed by atoms with E-state index in [-0.39, 0.29) is 11.7 Å². The van der Waals surface area contributed by atoms with Crippen molar-refractivity contribution >= 4 is 11.6 Å². The fourth-order valence-corrected chi connectivity index (χ4v) is 2.17. The molecule has 1 aliphatic heterocycles. The first-order valence-corrected chi connectivity index (χ1v) is 6.27. The molecule has 0 saturated carbocycles. The number of halogens is 2. The summed E-state index contributed by atoms with van der Waals surface area (Å²) in [5, 5.41) is 2.76. The maximum Gasteiger partial charge on any atom is 0.252 e. The van der Waals surface area contributed by atoms with Crippen molar-refractivity contribution in [3.8, 4) is 0 Å². The Hall–Kier alpha value is -1.73. The summed E-state index contributed by atoms with van der Waals surface area (Å²) in [6, 6.07) is 1.88. The second-order valence-electron chi connectivity index (χ2n) is 5.09. The molecule has 1 aromatic rings. The number of benzene rings is 1. The van der Waals surface area contributed by atoms with E-state index in [0.717, 1.165) is 12.1 Å². The minimum atomic E-state index is -0.918. The van der Waals surface area contributed by atoms with Gasteiger partial charge in [-0.05, 0) is 32.4 Å². The van der Waals surface area contributed by atoms with Crippen LogP contribution in [0.4, 0.5) is 14.5 Å². The number of hydrogen-bond acceptors (Lipinski definition) is 4. The Bertz CT molecular complexity index is 515. The average Bonchev–Trinajstić information content (AvgIpc) is 2.68. The highest BCUT2D eigenvalue weighted by Gasteiger charge is 2.38. The lowest BCUT2D eigenvalue weighted by atomic mass is 9.94. The molecule has 1 fully saturated rings. The van der Waals surface area contributed by atoms with Crippen LogP contribution in [-0.4, -0.2) is 24.2 Å². The number of amides is 1. The number of hydrogen-bond donors (Lipinski definition) is 3. The SMILES string of the molecule is CC1OCCC1(C)NC(=O)c1cc(F)c(NN)c(F)c1. The molecule has 0 aromatic heterocycles. The Morgan fingerprint density at radius 2 is 2.05 bits per heavy atom. The number of carbonyl (C=O) groups is 1. The molecule has 0 bridgehead atoms. The normalized spacial score (nSPS) is 25.6. The largest absolute Gasteiger partial charge is 0.376 e. The fourth-order valence-electron chi connectivity index (χ4n) is 2.17. The van der Waals surface area contributed by atoms with Crippen molar-refractivity contribution in [2.45, 2.75) is 31.9 Å². The van der Waals surface area contributed by atoms with Gasteiger partial charge >= 0.3 is 0 Å². The summed E-state index contributed by atoms with van der Waals surface area (Å²) < 4.78 is 32.5. The van der Waals surface area contributed by atoms with E-state index < -0.39 is 28.8 Å². The van der Waals surface area contributed by atoms with Gasteiger partial charge in [0.25, 0.3) is 5.91 Å². The first kappa shape index (κ1) is 14.7. The standard InChI is InChI=1S/C13H17F2N3O2/c1-7-13(2,3-4-20-7)17-12(19)8-5-9(14)11(18-16)10(15)6-8/h5-7,18H,3-4,16H2,1-2H3,(H,17,19). The van der Waals surface area contributed by atoms with E-state index in [9.17, 15) is 13.6 Å². The van der Waals surface area contributed by atoms with Gasteiger partial charge in [0.2, 0.25) is 0 Å². The number of carbonyl (C=O) groups excluding carboxylic acids is 1. The van der Waals surface area contributed by atoms with Crippen LogP contribution in [0.2, 0.25) is 0 Å². The summed E-state index contributed by atoms with van der Waals surface area (Å²) >= 11 is 0. The van der Waals surface area contributed by atoms with Gasteiger partial charge in [-0.15, -0.1) is 0 Å². The number of anilines is 1. The zero-order chi connectivity index (χ0) is 14.9. The molecule has 110 valence electrons. The Kier molecular flexibility index (Phi) is 3.92. The number of nitrogens with two attached hydrogens (primary N) is 1. The molecule has 20 heavy (non-hydrogen) atoms. The Morgan fingerprint density at radius 1 is 1.45 bits per heavy atom. The van der Waals surface area contributed by atoms with Crippen LogP contribution in [0.1, 0.15) is 30.6 Å². The maximum atomic E-state index is 13.6. The minimum Gasteiger partial charge on any atom is -0.376 e. The number of rotatable bonds is 3. The third kappa shape index (κ3) is 2.59. The van der Waals surface area contributed by atoms with Crippen molar-refractivity contribution in [1.82, 2.24) is 5.32 Å². The van der Waals surface area contributed by atoms with E-state index in [2.05, 4.69) is 5.32 Å². The van der Waals surface area contributed by atoms with Crippen molar-refractivity contribution in [3.63, 3.8) is 0 Å². The molecular formula is C13H17F2N3O2. The predicted octanol–water partition coefficient (Wildman–Crippen LogP) is 1.55. The molecule has 0 spiro atoms. The highest BCUT2D eigenvalue weighted by atomic mass is 19.1. The van der Waals surface area contributed by atoms with Crippen LogP contribution in [0.3, 0.4) is 0 Å². The summed E-state index contributed by atoms with van der Waals surface area (Å²) in [4.78, 5) is 12.1. The van der Waals surface area contributed by atoms with Crippen molar-refractivity contribution in [2.75, 3.05) is 12.0 Å². The molecule has 2 rings (SSSR count). The molecule has 1 heterocycles. The van der Waals surface area contributed by atoms with Gasteiger partial charge in [-0.3, -0.25) is 10.6 Å². The summed E-state index contributed by atoms with van der Waals surface area (Å²) in [7, 11) is 0. The average molecular weight is 285 g/mol.